The van der Waals surface area contributed by atoms with Crippen molar-refractivity contribution in [2.75, 3.05) is 13.7 Å². The van der Waals surface area contributed by atoms with E-state index < -0.39 is 5.97 Å². The number of esters is 1. The Balaban J connectivity index is 1.79. The van der Waals surface area contributed by atoms with E-state index in [1.807, 2.05) is 30.3 Å². The lowest BCUT2D eigenvalue weighted by atomic mass is 10.1. The van der Waals surface area contributed by atoms with Crippen molar-refractivity contribution in [1.82, 2.24) is 4.57 Å². The SMILES string of the molecule is COC(=O)COc1cccc2ccc(=O)n(Cc3ccc4ccccc4c3)c12. The van der Waals surface area contributed by atoms with Gasteiger partial charge in [-0.1, -0.05) is 48.5 Å². The molecule has 0 bridgehead atoms. The van der Waals surface area contributed by atoms with Gasteiger partial charge >= 0.3 is 5.97 Å². The maximum absolute atomic E-state index is 12.7. The average molecular weight is 373 g/mol. The van der Waals surface area contributed by atoms with Gasteiger partial charge in [0.15, 0.2) is 6.61 Å². The molecule has 1 aromatic heterocycles. The number of ether oxygens (including phenoxy) is 2. The number of aromatic nitrogens is 1. The van der Waals surface area contributed by atoms with E-state index in [-0.39, 0.29) is 12.2 Å². The first kappa shape index (κ1) is 17.8. The normalized spacial score (nSPS) is 10.9. The van der Waals surface area contributed by atoms with E-state index in [1.165, 1.54) is 7.11 Å². The topological polar surface area (TPSA) is 57.5 Å². The van der Waals surface area contributed by atoms with Crippen LogP contribution in [0, 0.1) is 0 Å². The molecule has 4 rings (SSSR count). The van der Waals surface area contributed by atoms with Crippen LogP contribution in [-0.2, 0) is 16.1 Å². The van der Waals surface area contributed by atoms with Crippen LogP contribution in [0.25, 0.3) is 21.7 Å². The highest BCUT2D eigenvalue weighted by Gasteiger charge is 2.12. The molecule has 1 heterocycles. The number of hydrogen-bond acceptors (Lipinski definition) is 4. The summed E-state index contributed by atoms with van der Waals surface area (Å²) < 4.78 is 12.0. The lowest BCUT2D eigenvalue weighted by Gasteiger charge is -2.15. The second kappa shape index (κ2) is 7.56. The number of para-hydroxylation sites is 1. The number of rotatable bonds is 5. The number of carbonyl (C=O) groups excluding carboxylic acids is 1. The minimum atomic E-state index is -0.476. The highest BCUT2D eigenvalue weighted by molar-refractivity contribution is 5.86. The molecule has 3 aromatic carbocycles. The number of pyridine rings is 1. The van der Waals surface area contributed by atoms with Crippen LogP contribution < -0.4 is 10.3 Å². The van der Waals surface area contributed by atoms with E-state index in [2.05, 4.69) is 29.0 Å². The minimum absolute atomic E-state index is 0.130. The number of benzene rings is 3. The Morgan fingerprint density at radius 1 is 0.893 bits per heavy atom. The first-order valence-corrected chi connectivity index (χ1v) is 8.95. The molecule has 0 aliphatic carbocycles. The van der Waals surface area contributed by atoms with Crippen LogP contribution >= 0.6 is 0 Å². The fourth-order valence-corrected chi connectivity index (χ4v) is 3.31. The maximum Gasteiger partial charge on any atom is 0.343 e. The smallest absolute Gasteiger partial charge is 0.343 e. The van der Waals surface area contributed by atoms with Crippen molar-refractivity contribution < 1.29 is 14.3 Å². The highest BCUT2D eigenvalue weighted by atomic mass is 16.6. The zero-order valence-corrected chi connectivity index (χ0v) is 15.4. The first-order chi connectivity index (χ1) is 13.7. The van der Waals surface area contributed by atoms with Crippen LogP contribution in [0.1, 0.15) is 5.56 Å². The fourth-order valence-electron chi connectivity index (χ4n) is 3.31. The van der Waals surface area contributed by atoms with E-state index in [0.717, 1.165) is 21.7 Å². The van der Waals surface area contributed by atoms with Gasteiger partial charge in [0.25, 0.3) is 5.56 Å². The third-order valence-corrected chi connectivity index (χ3v) is 4.70. The Kier molecular flexibility index (Phi) is 4.81. The summed E-state index contributed by atoms with van der Waals surface area (Å²) in [5, 5.41) is 3.14. The molecule has 0 saturated heterocycles. The third-order valence-electron chi connectivity index (χ3n) is 4.70. The monoisotopic (exact) mass is 373 g/mol. The standard InChI is InChI=1S/C23H19NO4/c1-27-22(26)15-28-20-8-4-7-18-11-12-21(25)24(23(18)20)14-16-9-10-17-5-2-3-6-19(17)13-16/h2-13H,14-15H2,1H3. The van der Waals surface area contributed by atoms with E-state index in [9.17, 15) is 9.59 Å². The van der Waals surface area contributed by atoms with Crippen molar-refractivity contribution >= 4 is 27.6 Å². The lowest BCUT2D eigenvalue weighted by molar-refractivity contribution is -0.142. The van der Waals surface area contributed by atoms with Gasteiger partial charge in [-0.05, 0) is 34.5 Å². The number of carbonyl (C=O) groups is 1. The highest BCUT2D eigenvalue weighted by Crippen LogP contribution is 2.25. The molecule has 0 aliphatic heterocycles. The summed E-state index contributed by atoms with van der Waals surface area (Å²) in [6, 6.07) is 23.1. The number of hydrogen-bond donors (Lipinski definition) is 0. The summed E-state index contributed by atoms with van der Waals surface area (Å²) >= 11 is 0. The molecular formula is C23H19NO4. The van der Waals surface area contributed by atoms with Crippen molar-refractivity contribution in [3.63, 3.8) is 0 Å². The van der Waals surface area contributed by atoms with Gasteiger partial charge in [-0.2, -0.15) is 0 Å². The van der Waals surface area contributed by atoms with Crippen LogP contribution in [0.5, 0.6) is 5.75 Å². The molecular weight excluding hydrogens is 354 g/mol. The maximum atomic E-state index is 12.7. The Hall–Kier alpha value is -3.60. The zero-order valence-electron chi connectivity index (χ0n) is 15.4. The molecule has 0 spiro atoms. The summed E-state index contributed by atoms with van der Waals surface area (Å²) in [6.07, 6.45) is 0. The van der Waals surface area contributed by atoms with Crippen molar-refractivity contribution in [2.24, 2.45) is 0 Å². The minimum Gasteiger partial charge on any atom is -0.480 e. The first-order valence-electron chi connectivity index (χ1n) is 8.95. The summed E-state index contributed by atoms with van der Waals surface area (Å²) in [7, 11) is 1.31. The van der Waals surface area contributed by atoms with Gasteiger partial charge in [-0.3, -0.25) is 4.79 Å². The molecule has 0 atom stereocenters. The molecule has 5 heteroatoms. The molecule has 0 amide bonds. The Morgan fingerprint density at radius 3 is 2.46 bits per heavy atom. The van der Waals surface area contributed by atoms with E-state index in [1.54, 1.807) is 22.8 Å². The summed E-state index contributed by atoms with van der Waals surface area (Å²) in [6.45, 7) is 0.189. The Labute approximate surface area is 161 Å². The molecule has 0 fully saturated rings. The second-order valence-electron chi connectivity index (χ2n) is 6.50. The molecule has 0 aliphatic rings. The van der Waals surface area contributed by atoms with Gasteiger partial charge in [-0.15, -0.1) is 0 Å². The van der Waals surface area contributed by atoms with Gasteiger partial charge in [0, 0.05) is 11.5 Å². The predicted octanol–water partition coefficient (Wildman–Crippen LogP) is 3.75. The summed E-state index contributed by atoms with van der Waals surface area (Å²) in [5.74, 6) is -0.00208. The predicted molar refractivity (Wildman–Crippen MR) is 109 cm³/mol. The molecule has 0 radical (unpaired) electrons. The summed E-state index contributed by atoms with van der Waals surface area (Å²) in [4.78, 5) is 24.1. The number of methoxy groups -OCH3 is 1. The summed E-state index contributed by atoms with van der Waals surface area (Å²) in [5.41, 5.74) is 1.54. The van der Waals surface area contributed by atoms with Crippen LogP contribution in [-0.4, -0.2) is 24.3 Å². The Bertz CT molecular complexity index is 1230. The van der Waals surface area contributed by atoms with E-state index in [0.29, 0.717) is 17.8 Å². The van der Waals surface area contributed by atoms with Crippen LogP contribution in [0.4, 0.5) is 0 Å². The molecule has 28 heavy (non-hydrogen) atoms. The largest absolute Gasteiger partial charge is 0.480 e. The van der Waals surface area contributed by atoms with Crippen LogP contribution in [0.3, 0.4) is 0 Å². The number of fused-ring (bicyclic) bond motifs is 2. The fraction of sp³-hybridized carbons (Fsp3) is 0.130. The van der Waals surface area contributed by atoms with Crippen molar-refractivity contribution in [3.8, 4) is 5.75 Å². The molecule has 140 valence electrons. The zero-order chi connectivity index (χ0) is 19.5. The second-order valence-corrected chi connectivity index (χ2v) is 6.50. The average Bonchev–Trinajstić information content (AvgIpc) is 2.73. The number of nitrogens with zero attached hydrogens (tertiary/aromatic N) is 1. The Morgan fingerprint density at radius 2 is 1.64 bits per heavy atom. The molecule has 0 N–H and O–H groups in total. The molecule has 4 aromatic rings. The van der Waals surface area contributed by atoms with Crippen molar-refractivity contribution in [3.05, 3.63) is 88.7 Å². The van der Waals surface area contributed by atoms with Gasteiger partial charge in [0.05, 0.1) is 19.2 Å². The van der Waals surface area contributed by atoms with Gasteiger partial charge < -0.3 is 14.0 Å². The van der Waals surface area contributed by atoms with E-state index in [4.69, 9.17) is 4.74 Å². The van der Waals surface area contributed by atoms with Gasteiger partial charge in [-0.25, -0.2) is 4.79 Å². The third kappa shape index (κ3) is 3.47. The molecule has 0 unspecified atom stereocenters. The van der Waals surface area contributed by atoms with E-state index >= 15 is 0 Å². The van der Waals surface area contributed by atoms with Crippen LogP contribution in [0.15, 0.2) is 77.6 Å². The molecule has 0 saturated carbocycles. The lowest BCUT2D eigenvalue weighted by Crippen LogP contribution is -2.21. The van der Waals surface area contributed by atoms with Gasteiger partial charge in [0.2, 0.25) is 0 Å². The van der Waals surface area contributed by atoms with Crippen molar-refractivity contribution in [2.45, 2.75) is 6.54 Å². The quantitative estimate of drug-likeness (QED) is 0.500. The van der Waals surface area contributed by atoms with Gasteiger partial charge in [0.1, 0.15) is 5.75 Å². The molecule has 5 nitrogen and oxygen atoms in total. The van der Waals surface area contributed by atoms with Crippen molar-refractivity contribution in [1.29, 1.82) is 0 Å². The van der Waals surface area contributed by atoms with Crippen LogP contribution in [0.2, 0.25) is 0 Å².